The van der Waals surface area contributed by atoms with E-state index in [0.29, 0.717) is 25.7 Å². The summed E-state index contributed by atoms with van der Waals surface area (Å²) in [6.45, 7) is 7.96. The molecule has 10 nitrogen and oxygen atoms in total. The van der Waals surface area contributed by atoms with Crippen molar-refractivity contribution in [3.8, 4) is 0 Å². The van der Waals surface area contributed by atoms with Gasteiger partial charge in [-0.05, 0) is 6.92 Å². The summed E-state index contributed by atoms with van der Waals surface area (Å²) in [5, 5.41) is 10.0. The fraction of sp³-hybridized carbons (Fsp3) is 0.857. The van der Waals surface area contributed by atoms with Crippen LogP contribution in [0.15, 0.2) is 0 Å². The second-order valence-electron chi connectivity index (χ2n) is 8.92. The van der Waals surface area contributed by atoms with Crippen molar-refractivity contribution < 1.29 is 33.7 Å². The van der Waals surface area contributed by atoms with Crippen LogP contribution in [-0.4, -0.2) is 123 Å². The Morgan fingerprint density at radius 3 is 1.52 bits per heavy atom. The zero-order chi connectivity index (χ0) is 22.3. The van der Waals surface area contributed by atoms with Crippen molar-refractivity contribution in [3.05, 3.63) is 0 Å². The van der Waals surface area contributed by atoms with E-state index in [2.05, 4.69) is 21.6 Å². The van der Waals surface area contributed by atoms with Gasteiger partial charge in [-0.25, -0.2) is 0 Å². The molecule has 3 heterocycles. The lowest BCUT2D eigenvalue weighted by atomic mass is 9.92. The van der Waals surface area contributed by atoms with E-state index < -0.39 is 18.0 Å². The van der Waals surface area contributed by atoms with Crippen LogP contribution in [0.5, 0.6) is 0 Å². The minimum atomic E-state index is -1.17. The van der Waals surface area contributed by atoms with Crippen LogP contribution in [0.25, 0.3) is 0 Å². The maximum atomic E-state index is 12.1. The molecule has 0 amide bonds. The van der Waals surface area contributed by atoms with Crippen molar-refractivity contribution in [3.63, 3.8) is 0 Å². The summed E-state index contributed by atoms with van der Waals surface area (Å²) in [7, 11) is 0. The first-order chi connectivity index (χ1) is 14.9. The van der Waals surface area contributed by atoms with E-state index >= 15 is 0 Å². The number of carbonyl (C=O) groups is 3. The van der Waals surface area contributed by atoms with Crippen molar-refractivity contribution >= 4 is 17.9 Å². The first-order valence-corrected chi connectivity index (χ1v) is 11.2. The second kappa shape index (κ2) is 11.2. The molecule has 0 bridgehead atoms. The molecule has 2 unspecified atom stereocenters. The SMILES string of the molecule is CC1CN1CCC(=O)OCC(CO)(COC(=O)CCN1CC1)COC(=O)CCN1CC1. The molecular weight excluding hydrogens is 406 g/mol. The number of aliphatic hydroxyl groups is 1. The van der Waals surface area contributed by atoms with E-state index in [4.69, 9.17) is 14.2 Å². The monoisotopic (exact) mass is 441 g/mol. The van der Waals surface area contributed by atoms with Gasteiger partial charge in [0.2, 0.25) is 0 Å². The van der Waals surface area contributed by atoms with Gasteiger partial charge in [-0.2, -0.15) is 0 Å². The predicted octanol–water partition coefficient (Wildman–Crippen LogP) is -0.900. The Bertz CT molecular complexity index is 604. The molecule has 0 aromatic carbocycles. The van der Waals surface area contributed by atoms with Crippen LogP contribution >= 0.6 is 0 Å². The Balaban J connectivity index is 1.45. The van der Waals surface area contributed by atoms with E-state index in [1.165, 1.54) is 0 Å². The number of ether oxygens (including phenoxy) is 3. The summed E-state index contributed by atoms with van der Waals surface area (Å²) in [6, 6.07) is 0.502. The summed E-state index contributed by atoms with van der Waals surface area (Å²) in [5.41, 5.74) is -1.17. The molecule has 0 saturated carbocycles. The molecule has 31 heavy (non-hydrogen) atoms. The van der Waals surface area contributed by atoms with E-state index in [9.17, 15) is 19.5 Å². The zero-order valence-electron chi connectivity index (χ0n) is 18.4. The van der Waals surface area contributed by atoms with E-state index in [1.54, 1.807) is 0 Å². The molecule has 3 rings (SSSR count). The lowest BCUT2D eigenvalue weighted by Gasteiger charge is -2.30. The summed E-state index contributed by atoms with van der Waals surface area (Å²) in [5.74, 6) is -1.17. The van der Waals surface area contributed by atoms with Crippen molar-refractivity contribution in [2.45, 2.75) is 32.2 Å². The largest absolute Gasteiger partial charge is 0.465 e. The van der Waals surface area contributed by atoms with Gasteiger partial charge in [-0.15, -0.1) is 0 Å². The molecule has 3 aliphatic heterocycles. The molecule has 0 aromatic rings. The molecule has 3 fully saturated rings. The molecule has 176 valence electrons. The van der Waals surface area contributed by atoms with Crippen molar-refractivity contribution in [2.24, 2.45) is 5.41 Å². The second-order valence-corrected chi connectivity index (χ2v) is 8.92. The van der Waals surface area contributed by atoms with Crippen LogP contribution in [0, 0.1) is 5.41 Å². The smallest absolute Gasteiger partial charge is 0.307 e. The number of esters is 3. The topological polar surface area (TPSA) is 108 Å². The maximum absolute atomic E-state index is 12.1. The maximum Gasteiger partial charge on any atom is 0.307 e. The first kappa shape index (κ1) is 23.9. The molecule has 3 aliphatic rings. The van der Waals surface area contributed by atoms with Crippen LogP contribution in [0.3, 0.4) is 0 Å². The van der Waals surface area contributed by atoms with Crippen LogP contribution in [0.2, 0.25) is 0 Å². The summed E-state index contributed by atoms with van der Waals surface area (Å²) in [6.07, 6.45) is 0.757. The van der Waals surface area contributed by atoms with Gasteiger partial charge in [0, 0.05) is 58.4 Å². The van der Waals surface area contributed by atoms with Crippen molar-refractivity contribution in [2.75, 3.05) is 78.8 Å². The molecule has 0 radical (unpaired) electrons. The highest BCUT2D eigenvalue weighted by Gasteiger charge is 2.36. The number of nitrogens with zero attached hydrogens (tertiary/aromatic N) is 3. The van der Waals surface area contributed by atoms with Crippen LogP contribution in [0.1, 0.15) is 26.2 Å². The molecule has 0 aromatic heterocycles. The van der Waals surface area contributed by atoms with E-state index in [0.717, 1.165) is 32.7 Å². The average Bonchev–Trinajstić information content (AvgIpc) is 3.61. The third-order valence-corrected chi connectivity index (χ3v) is 5.89. The minimum absolute atomic E-state index is 0.182. The van der Waals surface area contributed by atoms with Crippen LogP contribution in [0.4, 0.5) is 0 Å². The number of hydrogen-bond acceptors (Lipinski definition) is 10. The Kier molecular flexibility index (Phi) is 8.65. The summed E-state index contributed by atoms with van der Waals surface area (Å²) >= 11 is 0. The first-order valence-electron chi connectivity index (χ1n) is 11.2. The highest BCUT2D eigenvalue weighted by atomic mass is 16.6. The molecule has 2 atom stereocenters. The normalized spacial score (nSPS) is 22.6. The minimum Gasteiger partial charge on any atom is -0.465 e. The molecule has 3 saturated heterocycles. The number of rotatable bonds is 16. The number of hydrogen-bond donors (Lipinski definition) is 1. The Morgan fingerprint density at radius 1 is 0.806 bits per heavy atom. The Morgan fingerprint density at radius 2 is 1.19 bits per heavy atom. The van der Waals surface area contributed by atoms with Gasteiger partial charge in [-0.1, -0.05) is 0 Å². The van der Waals surface area contributed by atoms with Gasteiger partial charge < -0.3 is 29.1 Å². The fourth-order valence-electron chi connectivity index (χ4n) is 3.11. The van der Waals surface area contributed by atoms with Crippen molar-refractivity contribution in [1.29, 1.82) is 0 Å². The highest BCUT2D eigenvalue weighted by molar-refractivity contribution is 5.70. The fourth-order valence-corrected chi connectivity index (χ4v) is 3.11. The number of carbonyl (C=O) groups excluding carboxylic acids is 3. The van der Waals surface area contributed by atoms with Gasteiger partial charge in [0.1, 0.15) is 19.8 Å². The quantitative estimate of drug-likeness (QED) is 0.184. The van der Waals surface area contributed by atoms with Gasteiger partial charge in [0.25, 0.3) is 0 Å². The van der Waals surface area contributed by atoms with Crippen LogP contribution < -0.4 is 0 Å². The van der Waals surface area contributed by atoms with Crippen molar-refractivity contribution in [1.82, 2.24) is 14.7 Å². The third-order valence-electron chi connectivity index (χ3n) is 5.89. The van der Waals surface area contributed by atoms with Gasteiger partial charge in [-0.3, -0.25) is 19.3 Å². The Labute approximate surface area is 183 Å². The molecular formula is C21H35N3O7. The molecule has 1 N–H and O–H groups in total. The summed E-state index contributed by atoms with van der Waals surface area (Å²) in [4.78, 5) is 42.6. The van der Waals surface area contributed by atoms with Crippen LogP contribution in [-0.2, 0) is 28.6 Å². The molecule has 10 heteroatoms. The predicted molar refractivity (Wildman–Crippen MR) is 110 cm³/mol. The summed E-state index contributed by atoms with van der Waals surface area (Å²) < 4.78 is 16.1. The molecule has 0 spiro atoms. The average molecular weight is 442 g/mol. The van der Waals surface area contributed by atoms with E-state index in [1.807, 2.05) is 0 Å². The Hall–Kier alpha value is -1.75. The third kappa shape index (κ3) is 9.10. The lowest BCUT2D eigenvalue weighted by molar-refractivity contribution is -0.165. The highest BCUT2D eigenvalue weighted by Crippen LogP contribution is 2.21. The van der Waals surface area contributed by atoms with E-state index in [-0.39, 0.29) is 51.0 Å². The van der Waals surface area contributed by atoms with Gasteiger partial charge in [0.05, 0.1) is 31.3 Å². The lowest BCUT2D eigenvalue weighted by Crippen LogP contribution is -2.42. The number of aliphatic hydroxyl groups excluding tert-OH is 1. The van der Waals surface area contributed by atoms with Gasteiger partial charge in [0.15, 0.2) is 0 Å². The van der Waals surface area contributed by atoms with Gasteiger partial charge >= 0.3 is 17.9 Å². The standard InChI is InChI=1S/C21H35N3O7/c1-17-12-24(17)7-4-20(28)31-16-21(13-25,14-29-18(26)2-5-22-8-9-22)15-30-19(27)3-6-23-10-11-23/h17,25H,2-16H2,1H3. The zero-order valence-corrected chi connectivity index (χ0v) is 18.4. The molecule has 0 aliphatic carbocycles.